The van der Waals surface area contributed by atoms with Gasteiger partial charge in [-0.1, -0.05) is 35.2 Å². The molecule has 0 aliphatic rings. The second kappa shape index (κ2) is 5.06. The third-order valence-electron chi connectivity index (χ3n) is 1.70. The van der Waals surface area contributed by atoms with Crippen molar-refractivity contribution in [3.63, 3.8) is 0 Å². The van der Waals surface area contributed by atoms with E-state index < -0.39 is 12.1 Å². The second-order valence-corrected chi connectivity index (χ2v) is 3.61. The van der Waals surface area contributed by atoms with Gasteiger partial charge < -0.3 is 4.74 Å². The first-order valence-electron chi connectivity index (χ1n) is 4.13. The Bertz CT molecular complexity index is 401. The van der Waals surface area contributed by atoms with Crippen molar-refractivity contribution in [2.75, 3.05) is 0 Å². The molecule has 0 heterocycles. The molecular formula is C11H8Cl2O2. The number of hydrogen-bond donors (Lipinski definition) is 0. The molecular weight excluding hydrogens is 235 g/mol. The van der Waals surface area contributed by atoms with Crippen LogP contribution >= 0.6 is 23.2 Å². The molecule has 0 saturated carbocycles. The molecule has 1 unspecified atom stereocenters. The molecule has 2 nitrogen and oxygen atoms in total. The summed E-state index contributed by atoms with van der Waals surface area (Å²) in [4.78, 5) is 10.8. The summed E-state index contributed by atoms with van der Waals surface area (Å²) >= 11 is 11.8. The minimum atomic E-state index is -0.844. The van der Waals surface area contributed by atoms with E-state index in [4.69, 9.17) is 34.4 Å². The average molecular weight is 243 g/mol. The first-order valence-corrected chi connectivity index (χ1v) is 4.89. The lowest BCUT2D eigenvalue weighted by Gasteiger charge is -2.14. The fourth-order valence-electron chi connectivity index (χ4n) is 1.10. The molecule has 0 bridgehead atoms. The molecule has 0 aromatic heterocycles. The molecule has 0 fully saturated rings. The highest BCUT2D eigenvalue weighted by Gasteiger charge is 2.18. The smallest absolute Gasteiger partial charge is 0.304 e. The molecule has 0 spiro atoms. The summed E-state index contributed by atoms with van der Waals surface area (Å²) in [6, 6.07) is 4.96. The maximum Gasteiger partial charge on any atom is 0.304 e. The number of carbonyl (C=O) groups excluding carboxylic acids is 1. The van der Waals surface area contributed by atoms with Crippen molar-refractivity contribution < 1.29 is 9.53 Å². The Morgan fingerprint density at radius 1 is 1.47 bits per heavy atom. The number of esters is 1. The van der Waals surface area contributed by atoms with Crippen LogP contribution in [-0.2, 0) is 9.53 Å². The third kappa shape index (κ3) is 2.89. The third-order valence-corrected chi connectivity index (χ3v) is 2.36. The van der Waals surface area contributed by atoms with Crippen LogP contribution in [0, 0.1) is 12.3 Å². The van der Waals surface area contributed by atoms with Crippen LogP contribution in [0.4, 0.5) is 0 Å². The fraction of sp³-hybridized carbons (Fsp3) is 0.182. The molecule has 0 aliphatic heterocycles. The number of benzene rings is 1. The van der Waals surface area contributed by atoms with Crippen molar-refractivity contribution in [2.24, 2.45) is 0 Å². The highest BCUT2D eigenvalue weighted by Crippen LogP contribution is 2.31. The molecule has 0 aliphatic carbocycles. The van der Waals surface area contributed by atoms with Crippen molar-refractivity contribution in [1.29, 1.82) is 0 Å². The SMILES string of the molecule is C#CC(OC(C)=O)c1c(Cl)cccc1Cl. The number of terminal acetylenes is 1. The van der Waals surface area contributed by atoms with Crippen LogP contribution in [0.3, 0.4) is 0 Å². The van der Waals surface area contributed by atoms with E-state index in [1.807, 2.05) is 0 Å². The van der Waals surface area contributed by atoms with Crippen LogP contribution in [0.2, 0.25) is 10.0 Å². The van der Waals surface area contributed by atoms with Crippen molar-refractivity contribution in [3.05, 3.63) is 33.8 Å². The largest absolute Gasteiger partial charge is 0.444 e. The lowest BCUT2D eigenvalue weighted by Crippen LogP contribution is -2.07. The van der Waals surface area contributed by atoms with Crippen molar-refractivity contribution in [3.8, 4) is 12.3 Å². The van der Waals surface area contributed by atoms with Crippen LogP contribution in [0.1, 0.15) is 18.6 Å². The molecule has 1 aromatic carbocycles. The van der Waals surface area contributed by atoms with Crippen LogP contribution in [0.15, 0.2) is 18.2 Å². The van der Waals surface area contributed by atoms with Gasteiger partial charge >= 0.3 is 5.97 Å². The average Bonchev–Trinajstić information content (AvgIpc) is 2.15. The van der Waals surface area contributed by atoms with Crippen LogP contribution < -0.4 is 0 Å². The van der Waals surface area contributed by atoms with Crippen LogP contribution in [-0.4, -0.2) is 5.97 Å². The van der Waals surface area contributed by atoms with Gasteiger partial charge in [0.25, 0.3) is 0 Å². The number of carbonyl (C=O) groups is 1. The van der Waals surface area contributed by atoms with Gasteiger partial charge in [-0.25, -0.2) is 0 Å². The standard InChI is InChI=1S/C11H8Cl2O2/c1-3-10(15-7(2)14)11-8(12)5-4-6-9(11)13/h1,4-6,10H,2H3. The molecule has 0 radical (unpaired) electrons. The van der Waals surface area contributed by atoms with E-state index >= 15 is 0 Å². The van der Waals surface area contributed by atoms with Crippen molar-refractivity contribution >= 4 is 29.2 Å². The lowest BCUT2D eigenvalue weighted by molar-refractivity contribution is -0.144. The molecule has 0 N–H and O–H groups in total. The molecule has 4 heteroatoms. The summed E-state index contributed by atoms with van der Waals surface area (Å²) in [5, 5.41) is 0.762. The summed E-state index contributed by atoms with van der Waals surface area (Å²) in [5.41, 5.74) is 0.443. The van der Waals surface area contributed by atoms with Gasteiger partial charge in [0.05, 0.1) is 0 Å². The molecule has 0 amide bonds. The number of ether oxygens (including phenoxy) is 1. The molecule has 78 valence electrons. The van der Waals surface area contributed by atoms with Gasteiger partial charge in [-0.2, -0.15) is 0 Å². The Hall–Kier alpha value is -1.17. The summed E-state index contributed by atoms with van der Waals surface area (Å²) in [7, 11) is 0. The highest BCUT2D eigenvalue weighted by atomic mass is 35.5. The van der Waals surface area contributed by atoms with Gasteiger partial charge in [-0.15, -0.1) is 6.42 Å². The minimum Gasteiger partial charge on any atom is -0.444 e. The monoisotopic (exact) mass is 242 g/mol. The number of halogens is 2. The van der Waals surface area contributed by atoms with Crippen molar-refractivity contribution in [1.82, 2.24) is 0 Å². The van der Waals surface area contributed by atoms with Crippen LogP contribution in [0.5, 0.6) is 0 Å². The number of rotatable bonds is 2. The first kappa shape index (κ1) is 11.9. The molecule has 15 heavy (non-hydrogen) atoms. The van der Waals surface area contributed by atoms with Gasteiger partial charge in [0.2, 0.25) is 0 Å². The molecule has 1 atom stereocenters. The zero-order chi connectivity index (χ0) is 11.4. The highest BCUT2D eigenvalue weighted by molar-refractivity contribution is 6.36. The summed E-state index contributed by atoms with van der Waals surface area (Å²) in [6.07, 6.45) is 4.40. The van der Waals surface area contributed by atoms with Gasteiger partial charge in [-0.05, 0) is 12.1 Å². The van der Waals surface area contributed by atoms with E-state index in [0.29, 0.717) is 15.6 Å². The Balaban J connectivity index is 3.13. The van der Waals surface area contributed by atoms with Crippen molar-refractivity contribution in [2.45, 2.75) is 13.0 Å². The van der Waals surface area contributed by atoms with E-state index in [9.17, 15) is 4.79 Å². The van der Waals surface area contributed by atoms with Gasteiger partial charge in [0.1, 0.15) is 0 Å². The molecule has 0 saturated heterocycles. The van der Waals surface area contributed by atoms with E-state index in [1.54, 1.807) is 18.2 Å². The Morgan fingerprint density at radius 3 is 2.40 bits per heavy atom. The van der Waals surface area contributed by atoms with Gasteiger partial charge in [0.15, 0.2) is 6.10 Å². The van der Waals surface area contributed by atoms with Gasteiger partial charge in [-0.3, -0.25) is 4.79 Å². The Morgan fingerprint density at radius 2 is 2.00 bits per heavy atom. The predicted octanol–water partition coefficient (Wildman–Crippen LogP) is 3.23. The summed E-state index contributed by atoms with van der Waals surface area (Å²) in [6.45, 7) is 1.27. The fourth-order valence-corrected chi connectivity index (χ4v) is 1.70. The topological polar surface area (TPSA) is 26.3 Å². The van der Waals surface area contributed by atoms with E-state index in [-0.39, 0.29) is 0 Å². The molecule has 1 rings (SSSR count). The quantitative estimate of drug-likeness (QED) is 0.588. The Kier molecular flexibility index (Phi) is 4.02. The normalized spacial score (nSPS) is 11.6. The molecule has 1 aromatic rings. The predicted molar refractivity (Wildman–Crippen MR) is 59.8 cm³/mol. The summed E-state index contributed by atoms with van der Waals surface area (Å²) in [5.74, 6) is 1.84. The maximum absolute atomic E-state index is 10.8. The van der Waals surface area contributed by atoms with E-state index in [1.165, 1.54) is 6.92 Å². The van der Waals surface area contributed by atoms with E-state index in [2.05, 4.69) is 5.92 Å². The van der Waals surface area contributed by atoms with Crippen LogP contribution in [0.25, 0.3) is 0 Å². The first-order chi connectivity index (χ1) is 7.06. The second-order valence-electron chi connectivity index (χ2n) is 2.79. The zero-order valence-electron chi connectivity index (χ0n) is 7.96. The zero-order valence-corrected chi connectivity index (χ0v) is 9.47. The maximum atomic E-state index is 10.8. The Labute approximate surface area is 98.1 Å². The minimum absolute atomic E-state index is 0.381. The number of hydrogen-bond acceptors (Lipinski definition) is 2. The van der Waals surface area contributed by atoms with E-state index in [0.717, 1.165) is 0 Å². The summed E-state index contributed by atoms with van der Waals surface area (Å²) < 4.78 is 4.90. The lowest BCUT2D eigenvalue weighted by atomic mass is 10.1. The van der Waals surface area contributed by atoms with Gasteiger partial charge in [0, 0.05) is 22.5 Å².